The summed E-state index contributed by atoms with van der Waals surface area (Å²) in [5.41, 5.74) is 0. The zero-order valence-corrected chi connectivity index (χ0v) is 11.5. The van der Waals surface area contributed by atoms with E-state index in [0.29, 0.717) is 29.7 Å². The van der Waals surface area contributed by atoms with Crippen LogP contribution in [-0.4, -0.2) is 28.5 Å². The molecule has 5 heteroatoms. The molecule has 0 spiro atoms. The lowest BCUT2D eigenvalue weighted by atomic mass is 9.89. The summed E-state index contributed by atoms with van der Waals surface area (Å²) in [7, 11) is 0. The number of rotatable bonds is 5. The number of aromatic nitrogens is 2. The van der Waals surface area contributed by atoms with E-state index in [1.807, 2.05) is 6.92 Å². The van der Waals surface area contributed by atoms with E-state index < -0.39 is 0 Å². The number of ether oxygens (including phenoxy) is 1. The summed E-state index contributed by atoms with van der Waals surface area (Å²) in [6, 6.07) is 1.77. The van der Waals surface area contributed by atoms with Crippen molar-refractivity contribution in [3.05, 3.63) is 12.3 Å². The molecule has 0 saturated heterocycles. The van der Waals surface area contributed by atoms with E-state index in [0.717, 1.165) is 19.4 Å². The fourth-order valence-corrected chi connectivity index (χ4v) is 2.71. The number of alkyl halides is 1. The second-order valence-electron chi connectivity index (χ2n) is 4.66. The van der Waals surface area contributed by atoms with Crippen LogP contribution in [0.5, 0.6) is 5.88 Å². The minimum atomic E-state index is 0.334. The molecule has 0 bridgehead atoms. The summed E-state index contributed by atoms with van der Waals surface area (Å²) in [6.45, 7) is 3.45. The van der Waals surface area contributed by atoms with Gasteiger partial charge in [-0.1, -0.05) is 6.42 Å². The Balaban J connectivity index is 1.83. The summed E-state index contributed by atoms with van der Waals surface area (Å²) < 4.78 is 5.34. The van der Waals surface area contributed by atoms with Crippen molar-refractivity contribution in [1.29, 1.82) is 0 Å². The van der Waals surface area contributed by atoms with E-state index in [2.05, 4.69) is 15.3 Å². The highest BCUT2D eigenvalue weighted by molar-refractivity contribution is 6.20. The molecule has 2 atom stereocenters. The number of nitrogens with one attached hydrogen (secondary N) is 1. The van der Waals surface area contributed by atoms with E-state index in [4.69, 9.17) is 16.3 Å². The summed E-state index contributed by atoms with van der Waals surface area (Å²) in [5.74, 6) is 1.88. The summed E-state index contributed by atoms with van der Waals surface area (Å²) in [4.78, 5) is 8.48. The maximum Gasteiger partial charge on any atom is 0.225 e. The summed E-state index contributed by atoms with van der Waals surface area (Å²) >= 11 is 6.18. The molecular formula is C13H20ClN3O. The molecule has 1 aromatic heterocycles. The Labute approximate surface area is 113 Å². The average molecular weight is 270 g/mol. The Kier molecular flexibility index (Phi) is 5.05. The van der Waals surface area contributed by atoms with Crippen molar-refractivity contribution >= 4 is 17.5 Å². The molecule has 1 fully saturated rings. The molecule has 1 N–H and O–H groups in total. The number of halogens is 1. The van der Waals surface area contributed by atoms with Crippen LogP contribution in [0.25, 0.3) is 0 Å². The van der Waals surface area contributed by atoms with Gasteiger partial charge in [-0.25, -0.2) is 4.98 Å². The Morgan fingerprint density at radius 3 is 3.17 bits per heavy atom. The smallest absolute Gasteiger partial charge is 0.225 e. The van der Waals surface area contributed by atoms with Crippen molar-refractivity contribution in [3.8, 4) is 5.88 Å². The molecule has 1 aromatic rings. The lowest BCUT2D eigenvalue weighted by molar-refractivity contribution is 0.326. The van der Waals surface area contributed by atoms with Crippen molar-refractivity contribution in [1.82, 2.24) is 9.97 Å². The molecule has 1 saturated carbocycles. The SMILES string of the molecule is CCOc1ccnc(NCC2CCCC(Cl)C2)n1. The molecular weight excluding hydrogens is 250 g/mol. The average Bonchev–Trinajstić information content (AvgIpc) is 2.37. The first-order valence-corrected chi connectivity index (χ1v) is 7.05. The molecule has 2 unspecified atom stereocenters. The monoisotopic (exact) mass is 269 g/mol. The van der Waals surface area contributed by atoms with E-state index in [1.165, 1.54) is 12.8 Å². The van der Waals surface area contributed by atoms with Gasteiger partial charge in [0, 0.05) is 24.2 Å². The van der Waals surface area contributed by atoms with Crippen LogP contribution in [0.15, 0.2) is 12.3 Å². The summed E-state index contributed by atoms with van der Waals surface area (Å²) in [5, 5.41) is 3.61. The third-order valence-corrected chi connectivity index (χ3v) is 3.59. The van der Waals surface area contributed by atoms with Crippen LogP contribution in [0.3, 0.4) is 0 Å². The van der Waals surface area contributed by atoms with Crippen molar-refractivity contribution in [3.63, 3.8) is 0 Å². The highest BCUT2D eigenvalue weighted by atomic mass is 35.5. The second-order valence-corrected chi connectivity index (χ2v) is 5.28. The number of hydrogen-bond acceptors (Lipinski definition) is 4. The van der Waals surface area contributed by atoms with Crippen LogP contribution in [-0.2, 0) is 0 Å². The van der Waals surface area contributed by atoms with Gasteiger partial charge in [0.2, 0.25) is 11.8 Å². The zero-order valence-electron chi connectivity index (χ0n) is 10.7. The van der Waals surface area contributed by atoms with Gasteiger partial charge in [0.15, 0.2) is 0 Å². The predicted molar refractivity (Wildman–Crippen MR) is 73.3 cm³/mol. The van der Waals surface area contributed by atoms with Crippen LogP contribution < -0.4 is 10.1 Å². The van der Waals surface area contributed by atoms with Crippen molar-refractivity contribution in [2.45, 2.75) is 38.0 Å². The largest absolute Gasteiger partial charge is 0.478 e. The van der Waals surface area contributed by atoms with Crippen LogP contribution in [0, 0.1) is 5.92 Å². The second kappa shape index (κ2) is 6.78. The quantitative estimate of drug-likeness (QED) is 0.835. The Hall–Kier alpha value is -1.03. The zero-order chi connectivity index (χ0) is 12.8. The Morgan fingerprint density at radius 2 is 2.39 bits per heavy atom. The Morgan fingerprint density at radius 1 is 1.50 bits per heavy atom. The topological polar surface area (TPSA) is 47.0 Å². The predicted octanol–water partition coefficient (Wildman–Crippen LogP) is 3.08. The molecule has 2 rings (SSSR count). The van der Waals surface area contributed by atoms with Crippen molar-refractivity contribution in [2.24, 2.45) is 5.92 Å². The first-order valence-electron chi connectivity index (χ1n) is 6.61. The molecule has 100 valence electrons. The first kappa shape index (κ1) is 13.4. The molecule has 0 radical (unpaired) electrons. The van der Waals surface area contributed by atoms with E-state index in [-0.39, 0.29) is 0 Å². The lowest BCUT2D eigenvalue weighted by Crippen LogP contribution is -2.23. The molecule has 0 aromatic carbocycles. The van der Waals surface area contributed by atoms with Crippen LogP contribution in [0.1, 0.15) is 32.6 Å². The molecule has 0 aliphatic heterocycles. The van der Waals surface area contributed by atoms with Gasteiger partial charge in [-0.3, -0.25) is 0 Å². The van der Waals surface area contributed by atoms with Gasteiger partial charge in [0.1, 0.15) is 0 Å². The molecule has 1 aliphatic carbocycles. The van der Waals surface area contributed by atoms with Crippen LogP contribution in [0.2, 0.25) is 0 Å². The third kappa shape index (κ3) is 4.02. The maximum atomic E-state index is 6.18. The normalized spacial score (nSPS) is 23.7. The number of anilines is 1. The lowest BCUT2D eigenvalue weighted by Gasteiger charge is -2.25. The van der Waals surface area contributed by atoms with Crippen LogP contribution >= 0.6 is 11.6 Å². The molecule has 4 nitrogen and oxygen atoms in total. The summed E-state index contributed by atoms with van der Waals surface area (Å²) in [6.07, 6.45) is 6.40. The van der Waals surface area contributed by atoms with Gasteiger partial charge in [-0.15, -0.1) is 11.6 Å². The number of hydrogen-bond donors (Lipinski definition) is 1. The molecule has 0 amide bonds. The fourth-order valence-electron chi connectivity index (χ4n) is 2.30. The number of nitrogens with zero attached hydrogens (tertiary/aromatic N) is 2. The fraction of sp³-hybridized carbons (Fsp3) is 0.692. The molecule has 1 aliphatic rings. The first-order chi connectivity index (χ1) is 8.78. The van der Waals surface area contributed by atoms with Gasteiger partial charge >= 0.3 is 0 Å². The molecule has 1 heterocycles. The highest BCUT2D eigenvalue weighted by Gasteiger charge is 2.20. The van der Waals surface area contributed by atoms with Crippen LogP contribution in [0.4, 0.5) is 5.95 Å². The van der Waals surface area contributed by atoms with E-state index >= 15 is 0 Å². The maximum absolute atomic E-state index is 6.18. The van der Waals surface area contributed by atoms with Crippen molar-refractivity contribution in [2.75, 3.05) is 18.5 Å². The van der Waals surface area contributed by atoms with Gasteiger partial charge in [-0.2, -0.15) is 4.98 Å². The van der Waals surface area contributed by atoms with E-state index in [1.54, 1.807) is 12.3 Å². The molecule has 18 heavy (non-hydrogen) atoms. The minimum absolute atomic E-state index is 0.334. The third-order valence-electron chi connectivity index (χ3n) is 3.19. The highest BCUT2D eigenvalue weighted by Crippen LogP contribution is 2.27. The van der Waals surface area contributed by atoms with Gasteiger partial charge in [0.05, 0.1) is 6.61 Å². The van der Waals surface area contributed by atoms with E-state index in [9.17, 15) is 0 Å². The Bertz CT molecular complexity index is 375. The minimum Gasteiger partial charge on any atom is -0.478 e. The van der Waals surface area contributed by atoms with Gasteiger partial charge < -0.3 is 10.1 Å². The van der Waals surface area contributed by atoms with Gasteiger partial charge in [-0.05, 0) is 32.1 Å². The standard InChI is InChI=1S/C13H20ClN3O/c1-2-18-12-6-7-15-13(17-12)16-9-10-4-3-5-11(14)8-10/h6-7,10-11H,2-5,8-9H2,1H3,(H,15,16,17). The van der Waals surface area contributed by atoms with Crippen molar-refractivity contribution < 1.29 is 4.74 Å². The van der Waals surface area contributed by atoms with Gasteiger partial charge in [0.25, 0.3) is 0 Å².